The van der Waals surface area contributed by atoms with Crippen LogP contribution in [0.4, 0.5) is 0 Å². The van der Waals surface area contributed by atoms with E-state index in [0.29, 0.717) is 0 Å². The van der Waals surface area contributed by atoms with Crippen molar-refractivity contribution in [1.29, 1.82) is 0 Å². The van der Waals surface area contributed by atoms with Crippen molar-refractivity contribution in [3.05, 3.63) is 24.3 Å². The molecule has 0 amide bonds. The van der Waals surface area contributed by atoms with Gasteiger partial charge in [0.05, 0.1) is 0 Å². The van der Waals surface area contributed by atoms with E-state index in [-0.39, 0.29) is 6.10 Å². The molecular formula is C9H11N3O2. The highest BCUT2D eigenvalue weighted by molar-refractivity contribution is 5.73. The monoisotopic (exact) mass is 193 g/mol. The minimum atomic E-state index is -0.0158. The van der Waals surface area contributed by atoms with Crippen LogP contribution in [0.15, 0.2) is 24.3 Å². The number of hydrogen-bond acceptors (Lipinski definition) is 4. The second-order valence-corrected chi connectivity index (χ2v) is 3.17. The van der Waals surface area contributed by atoms with Crippen molar-refractivity contribution in [3.63, 3.8) is 0 Å². The molecule has 0 fully saturated rings. The van der Waals surface area contributed by atoms with E-state index >= 15 is 0 Å². The van der Waals surface area contributed by atoms with Gasteiger partial charge in [0.2, 0.25) is 0 Å². The van der Waals surface area contributed by atoms with Crippen molar-refractivity contribution in [3.8, 4) is 0 Å². The number of aromatic nitrogens is 3. The smallest absolute Gasteiger partial charge is 0.134 e. The predicted octanol–water partition coefficient (Wildman–Crippen LogP) is 1.20. The van der Waals surface area contributed by atoms with Crippen LogP contribution in [-0.4, -0.2) is 21.3 Å². The van der Waals surface area contributed by atoms with Crippen LogP contribution in [0.25, 0.3) is 11.0 Å². The molecule has 0 saturated heterocycles. The van der Waals surface area contributed by atoms with Crippen LogP contribution < -0.4 is 4.99 Å². The maximum absolute atomic E-state index is 4.96. The van der Waals surface area contributed by atoms with Gasteiger partial charge in [-0.2, -0.15) is 4.89 Å². The van der Waals surface area contributed by atoms with E-state index in [2.05, 4.69) is 10.3 Å². The molecule has 0 saturated carbocycles. The Kier molecular flexibility index (Phi) is 2.32. The largest absolute Gasteiger partial charge is 0.219 e. The van der Waals surface area contributed by atoms with Crippen LogP contribution in [0.1, 0.15) is 13.8 Å². The molecule has 0 aliphatic carbocycles. The molecule has 0 atom stereocenters. The quantitative estimate of drug-likeness (QED) is 0.543. The normalized spacial score (nSPS) is 11.1. The Labute approximate surface area is 81.1 Å². The van der Waals surface area contributed by atoms with Crippen LogP contribution in [0.2, 0.25) is 0 Å². The van der Waals surface area contributed by atoms with E-state index in [1.165, 1.54) is 4.85 Å². The Balaban J connectivity index is 2.25. The zero-order valence-corrected chi connectivity index (χ0v) is 8.04. The highest BCUT2D eigenvalue weighted by Gasteiger charge is 2.05. The van der Waals surface area contributed by atoms with E-state index in [0.717, 1.165) is 11.0 Å². The molecule has 0 radical (unpaired) electrons. The number of hydrogen-bond donors (Lipinski definition) is 0. The third kappa shape index (κ3) is 1.67. The Hall–Kier alpha value is -1.62. The summed E-state index contributed by atoms with van der Waals surface area (Å²) in [4.78, 5) is 11.2. The third-order valence-electron chi connectivity index (χ3n) is 1.63. The van der Waals surface area contributed by atoms with E-state index < -0.39 is 0 Å². The van der Waals surface area contributed by atoms with Gasteiger partial charge >= 0.3 is 0 Å². The molecule has 0 unspecified atom stereocenters. The van der Waals surface area contributed by atoms with Gasteiger partial charge in [0.15, 0.2) is 0 Å². The van der Waals surface area contributed by atoms with Crippen molar-refractivity contribution in [2.24, 2.45) is 0 Å². The maximum atomic E-state index is 4.96. The van der Waals surface area contributed by atoms with Crippen LogP contribution in [0.3, 0.4) is 0 Å². The topological polar surface area (TPSA) is 49.2 Å². The number of benzene rings is 1. The highest BCUT2D eigenvalue weighted by Crippen LogP contribution is 2.08. The second-order valence-electron chi connectivity index (χ2n) is 3.17. The molecule has 0 bridgehead atoms. The summed E-state index contributed by atoms with van der Waals surface area (Å²) in [7, 11) is 0. The summed E-state index contributed by atoms with van der Waals surface area (Å²) in [5, 5.41) is 7.69. The molecule has 14 heavy (non-hydrogen) atoms. The fourth-order valence-corrected chi connectivity index (χ4v) is 1.03. The van der Waals surface area contributed by atoms with E-state index in [1.54, 1.807) is 0 Å². The first-order chi connectivity index (χ1) is 6.77. The first-order valence-corrected chi connectivity index (χ1v) is 4.41. The summed E-state index contributed by atoms with van der Waals surface area (Å²) in [5.74, 6) is 0. The van der Waals surface area contributed by atoms with Gasteiger partial charge < -0.3 is 0 Å². The van der Waals surface area contributed by atoms with Crippen molar-refractivity contribution in [2.75, 3.05) is 0 Å². The summed E-state index contributed by atoms with van der Waals surface area (Å²) >= 11 is 0. The molecule has 5 nitrogen and oxygen atoms in total. The summed E-state index contributed by atoms with van der Waals surface area (Å²) in [6.45, 7) is 3.75. The van der Waals surface area contributed by atoms with Crippen LogP contribution in [0, 0.1) is 0 Å². The third-order valence-corrected chi connectivity index (χ3v) is 1.63. The van der Waals surface area contributed by atoms with Gasteiger partial charge in [-0.15, -0.1) is 5.10 Å². The van der Waals surface area contributed by atoms with Gasteiger partial charge in [-0.3, -0.25) is 0 Å². The number of fused-ring (bicyclic) bond motifs is 1. The van der Waals surface area contributed by atoms with Crippen molar-refractivity contribution >= 4 is 11.0 Å². The van der Waals surface area contributed by atoms with Crippen molar-refractivity contribution < 1.29 is 9.88 Å². The van der Waals surface area contributed by atoms with Gasteiger partial charge in [0, 0.05) is 0 Å². The lowest BCUT2D eigenvalue weighted by Gasteiger charge is -2.05. The van der Waals surface area contributed by atoms with Gasteiger partial charge in [-0.05, 0) is 36.0 Å². The molecule has 0 aliphatic heterocycles. The van der Waals surface area contributed by atoms with Gasteiger partial charge in [-0.25, -0.2) is 4.99 Å². The van der Waals surface area contributed by atoms with Crippen LogP contribution in [0.5, 0.6) is 0 Å². The van der Waals surface area contributed by atoms with E-state index in [1.807, 2.05) is 38.1 Å². The summed E-state index contributed by atoms with van der Waals surface area (Å²) in [5.41, 5.74) is 1.56. The summed E-state index contributed by atoms with van der Waals surface area (Å²) < 4.78 is 0. The highest BCUT2D eigenvalue weighted by atomic mass is 17.3. The molecule has 74 valence electrons. The van der Waals surface area contributed by atoms with E-state index in [4.69, 9.17) is 9.88 Å². The molecule has 1 heterocycles. The fourth-order valence-electron chi connectivity index (χ4n) is 1.03. The number of rotatable bonds is 3. The Morgan fingerprint density at radius 2 is 2.07 bits per heavy atom. The summed E-state index contributed by atoms with van der Waals surface area (Å²) in [6, 6.07) is 7.50. The maximum Gasteiger partial charge on any atom is 0.134 e. The number of para-hydroxylation sites is 1. The van der Waals surface area contributed by atoms with Crippen LogP contribution >= 0.6 is 0 Å². The lowest BCUT2D eigenvalue weighted by atomic mass is 10.3. The second kappa shape index (κ2) is 3.63. The first-order valence-electron chi connectivity index (χ1n) is 4.41. The van der Waals surface area contributed by atoms with Crippen molar-refractivity contribution in [1.82, 2.24) is 15.2 Å². The lowest BCUT2D eigenvalue weighted by Crippen LogP contribution is -2.17. The number of nitrogens with zero attached hydrogens (tertiary/aromatic N) is 3. The predicted molar refractivity (Wildman–Crippen MR) is 50.3 cm³/mol. The molecule has 2 aromatic rings. The van der Waals surface area contributed by atoms with Crippen LogP contribution in [-0.2, 0) is 4.89 Å². The Bertz CT molecular complexity index is 425. The molecule has 1 aromatic heterocycles. The molecular weight excluding hydrogens is 182 g/mol. The van der Waals surface area contributed by atoms with Gasteiger partial charge in [0.25, 0.3) is 0 Å². The van der Waals surface area contributed by atoms with Gasteiger partial charge in [0.1, 0.15) is 17.1 Å². The molecule has 2 rings (SSSR count). The zero-order chi connectivity index (χ0) is 9.97. The average molecular weight is 193 g/mol. The molecule has 5 heteroatoms. The Morgan fingerprint density at radius 3 is 2.86 bits per heavy atom. The molecule has 0 aliphatic rings. The first kappa shape index (κ1) is 8.96. The SMILES string of the molecule is CC(C)OOn1nnc2ccccc21. The standard InChI is InChI=1S/C9H11N3O2/c1-7(2)13-14-12-9-6-4-3-5-8(9)10-11-12/h3-7H,1-2H3. The summed E-state index contributed by atoms with van der Waals surface area (Å²) in [6.07, 6.45) is -0.0158. The Morgan fingerprint density at radius 1 is 1.29 bits per heavy atom. The van der Waals surface area contributed by atoms with E-state index in [9.17, 15) is 0 Å². The average Bonchev–Trinajstić information content (AvgIpc) is 2.58. The fraction of sp³-hybridized carbons (Fsp3) is 0.333. The van der Waals surface area contributed by atoms with Gasteiger partial charge in [-0.1, -0.05) is 12.1 Å². The molecule has 0 N–H and O–H groups in total. The van der Waals surface area contributed by atoms with Crippen molar-refractivity contribution in [2.45, 2.75) is 20.0 Å². The minimum Gasteiger partial charge on any atom is -0.219 e. The molecule has 1 aromatic carbocycles. The minimum absolute atomic E-state index is 0.0158. The molecule has 0 spiro atoms. The zero-order valence-electron chi connectivity index (χ0n) is 8.04. The lowest BCUT2D eigenvalue weighted by molar-refractivity contribution is -0.320.